The van der Waals surface area contributed by atoms with Gasteiger partial charge in [0.15, 0.2) is 0 Å². The van der Waals surface area contributed by atoms with Crippen LogP contribution in [0.5, 0.6) is 0 Å². The van der Waals surface area contributed by atoms with Gasteiger partial charge in [-0.05, 0) is 0 Å². The van der Waals surface area contributed by atoms with Gasteiger partial charge in [-0.2, -0.15) is 0 Å². The van der Waals surface area contributed by atoms with Crippen molar-refractivity contribution in [2.75, 3.05) is 60.1 Å². The summed E-state index contributed by atoms with van der Waals surface area (Å²) in [6, 6.07) is 0. The van der Waals surface area contributed by atoms with Crippen molar-refractivity contribution >= 4 is 11.8 Å². The maximum atomic E-state index is 12.3. The molecule has 130 valence electrons. The molecule has 0 aromatic carbocycles. The molecule has 0 spiro atoms. The molecular weight excluding hydrogens is 298 g/mol. The summed E-state index contributed by atoms with van der Waals surface area (Å²) < 4.78 is 10.7. The second-order valence-electron chi connectivity index (χ2n) is 5.97. The predicted molar refractivity (Wildman–Crippen MR) is 85.9 cm³/mol. The van der Waals surface area contributed by atoms with E-state index in [1.54, 1.807) is 25.1 Å². The SMILES string of the molecule is CNC(=O)C[C@H]1CN(C(=O)/C=C/CN2CCOCC2)C[C@@H]1OC. The number of ether oxygens (including phenoxy) is 2. The molecule has 2 rings (SSSR count). The van der Waals surface area contributed by atoms with Crippen LogP contribution in [0.3, 0.4) is 0 Å². The number of nitrogens with zero attached hydrogens (tertiary/aromatic N) is 2. The summed E-state index contributed by atoms with van der Waals surface area (Å²) in [5.74, 6) is 0.0190. The number of methoxy groups -OCH3 is 1. The van der Waals surface area contributed by atoms with E-state index < -0.39 is 0 Å². The van der Waals surface area contributed by atoms with Gasteiger partial charge in [-0.1, -0.05) is 6.08 Å². The lowest BCUT2D eigenvalue weighted by molar-refractivity contribution is -0.126. The molecule has 23 heavy (non-hydrogen) atoms. The van der Waals surface area contributed by atoms with Crippen LogP contribution in [-0.2, 0) is 19.1 Å². The van der Waals surface area contributed by atoms with Crippen molar-refractivity contribution in [3.05, 3.63) is 12.2 Å². The Morgan fingerprint density at radius 1 is 1.30 bits per heavy atom. The van der Waals surface area contributed by atoms with Gasteiger partial charge >= 0.3 is 0 Å². The van der Waals surface area contributed by atoms with Crippen molar-refractivity contribution < 1.29 is 19.1 Å². The van der Waals surface area contributed by atoms with Crippen LogP contribution >= 0.6 is 0 Å². The van der Waals surface area contributed by atoms with Crippen LogP contribution in [0.4, 0.5) is 0 Å². The van der Waals surface area contributed by atoms with E-state index in [9.17, 15) is 9.59 Å². The van der Waals surface area contributed by atoms with E-state index in [1.165, 1.54) is 0 Å². The number of morpholine rings is 1. The Kier molecular flexibility index (Phi) is 7.01. The zero-order valence-corrected chi connectivity index (χ0v) is 14.0. The Hall–Kier alpha value is -1.44. The molecule has 2 amide bonds. The summed E-state index contributed by atoms with van der Waals surface area (Å²) in [4.78, 5) is 27.9. The fourth-order valence-electron chi connectivity index (χ4n) is 3.02. The lowest BCUT2D eigenvalue weighted by Gasteiger charge is -2.25. The minimum atomic E-state index is -0.0797. The maximum absolute atomic E-state index is 12.3. The first-order chi connectivity index (χ1) is 11.1. The summed E-state index contributed by atoms with van der Waals surface area (Å²) in [5.41, 5.74) is 0. The topological polar surface area (TPSA) is 71.1 Å². The molecule has 0 radical (unpaired) electrons. The third-order valence-corrected chi connectivity index (χ3v) is 4.45. The highest BCUT2D eigenvalue weighted by Crippen LogP contribution is 2.23. The number of likely N-dealkylation sites (tertiary alicyclic amines) is 1. The highest BCUT2D eigenvalue weighted by Gasteiger charge is 2.35. The molecule has 7 heteroatoms. The smallest absolute Gasteiger partial charge is 0.246 e. The summed E-state index contributed by atoms with van der Waals surface area (Å²) in [7, 11) is 3.25. The van der Waals surface area contributed by atoms with Crippen LogP contribution in [0.25, 0.3) is 0 Å². The van der Waals surface area contributed by atoms with Crippen LogP contribution in [-0.4, -0.2) is 87.8 Å². The van der Waals surface area contributed by atoms with Gasteiger partial charge in [0.1, 0.15) is 0 Å². The molecule has 0 aromatic rings. The molecule has 1 N–H and O–H groups in total. The molecule has 2 fully saturated rings. The van der Waals surface area contributed by atoms with E-state index in [-0.39, 0.29) is 23.8 Å². The van der Waals surface area contributed by atoms with E-state index in [0.717, 1.165) is 32.8 Å². The number of rotatable bonds is 6. The van der Waals surface area contributed by atoms with E-state index in [4.69, 9.17) is 9.47 Å². The molecule has 2 heterocycles. The van der Waals surface area contributed by atoms with Gasteiger partial charge in [0.05, 0.1) is 19.3 Å². The summed E-state index contributed by atoms with van der Waals surface area (Å²) in [5, 5.41) is 2.62. The van der Waals surface area contributed by atoms with Gasteiger partial charge in [-0.25, -0.2) is 0 Å². The largest absolute Gasteiger partial charge is 0.379 e. The fraction of sp³-hybridized carbons (Fsp3) is 0.750. The minimum Gasteiger partial charge on any atom is -0.379 e. The van der Waals surface area contributed by atoms with Gasteiger partial charge in [-0.15, -0.1) is 0 Å². The van der Waals surface area contributed by atoms with E-state index in [0.29, 0.717) is 19.5 Å². The standard InChI is InChI=1S/C16H27N3O4/c1-17-15(20)10-13-11-19(12-14(13)22-2)16(21)4-3-5-18-6-8-23-9-7-18/h3-4,13-14H,5-12H2,1-2H3,(H,17,20)/b4-3+/t13-,14-/m0/s1. The molecule has 0 aliphatic carbocycles. The van der Waals surface area contributed by atoms with E-state index in [1.807, 2.05) is 6.08 Å². The molecule has 2 saturated heterocycles. The summed E-state index contributed by atoms with van der Waals surface area (Å²) in [6.07, 6.45) is 3.84. The molecule has 0 saturated carbocycles. The lowest BCUT2D eigenvalue weighted by Crippen LogP contribution is -2.36. The normalized spacial score (nSPS) is 25.9. The Morgan fingerprint density at radius 2 is 2.04 bits per heavy atom. The lowest BCUT2D eigenvalue weighted by atomic mass is 10.0. The number of carbonyl (C=O) groups is 2. The summed E-state index contributed by atoms with van der Waals surface area (Å²) in [6.45, 7) is 5.18. The fourth-order valence-corrected chi connectivity index (χ4v) is 3.02. The van der Waals surface area contributed by atoms with Crippen LogP contribution in [0.1, 0.15) is 6.42 Å². The van der Waals surface area contributed by atoms with E-state index >= 15 is 0 Å². The van der Waals surface area contributed by atoms with Crippen LogP contribution in [0.15, 0.2) is 12.2 Å². The number of amides is 2. The average molecular weight is 325 g/mol. The van der Waals surface area contributed by atoms with Crippen molar-refractivity contribution in [3.8, 4) is 0 Å². The van der Waals surface area contributed by atoms with Crippen molar-refractivity contribution in [2.24, 2.45) is 5.92 Å². The second kappa shape index (κ2) is 9.00. The van der Waals surface area contributed by atoms with Crippen LogP contribution in [0.2, 0.25) is 0 Å². The molecule has 2 aliphatic heterocycles. The van der Waals surface area contributed by atoms with Crippen molar-refractivity contribution in [1.29, 1.82) is 0 Å². The average Bonchev–Trinajstić information content (AvgIpc) is 2.98. The van der Waals surface area contributed by atoms with Crippen molar-refractivity contribution in [3.63, 3.8) is 0 Å². The van der Waals surface area contributed by atoms with E-state index in [2.05, 4.69) is 10.2 Å². The van der Waals surface area contributed by atoms with Crippen molar-refractivity contribution in [2.45, 2.75) is 12.5 Å². The van der Waals surface area contributed by atoms with Gasteiger partial charge in [0.25, 0.3) is 0 Å². The van der Waals surface area contributed by atoms with Gasteiger partial charge in [-0.3, -0.25) is 14.5 Å². The third kappa shape index (κ3) is 5.30. The molecule has 2 atom stereocenters. The highest BCUT2D eigenvalue weighted by atomic mass is 16.5. The Labute approximate surface area is 137 Å². The molecule has 0 bridgehead atoms. The number of carbonyl (C=O) groups excluding carboxylic acids is 2. The Bertz CT molecular complexity index is 435. The summed E-state index contributed by atoms with van der Waals surface area (Å²) >= 11 is 0. The molecule has 0 unspecified atom stereocenters. The maximum Gasteiger partial charge on any atom is 0.246 e. The zero-order valence-electron chi connectivity index (χ0n) is 14.0. The Balaban J connectivity index is 1.81. The number of nitrogens with one attached hydrogen (secondary N) is 1. The molecule has 0 aromatic heterocycles. The molecule has 7 nitrogen and oxygen atoms in total. The zero-order chi connectivity index (χ0) is 16.7. The second-order valence-corrected chi connectivity index (χ2v) is 5.97. The highest BCUT2D eigenvalue weighted by molar-refractivity contribution is 5.88. The monoisotopic (exact) mass is 325 g/mol. The van der Waals surface area contributed by atoms with Gasteiger partial charge in [0.2, 0.25) is 11.8 Å². The molecular formula is C16H27N3O4. The first kappa shape index (κ1) is 17.9. The third-order valence-electron chi connectivity index (χ3n) is 4.45. The van der Waals surface area contributed by atoms with Crippen LogP contribution < -0.4 is 5.32 Å². The first-order valence-electron chi connectivity index (χ1n) is 8.13. The van der Waals surface area contributed by atoms with Gasteiger partial charge < -0.3 is 19.7 Å². The number of hydrogen-bond donors (Lipinski definition) is 1. The Morgan fingerprint density at radius 3 is 2.70 bits per heavy atom. The quantitative estimate of drug-likeness (QED) is 0.666. The first-order valence-corrected chi connectivity index (χ1v) is 8.13. The van der Waals surface area contributed by atoms with Gasteiger partial charge in [0, 0.05) is 65.3 Å². The predicted octanol–water partition coefficient (Wildman–Crippen LogP) is -0.516. The molecule has 2 aliphatic rings. The van der Waals surface area contributed by atoms with Crippen LogP contribution in [0, 0.1) is 5.92 Å². The number of hydrogen-bond acceptors (Lipinski definition) is 5. The van der Waals surface area contributed by atoms with Crippen molar-refractivity contribution in [1.82, 2.24) is 15.1 Å². The minimum absolute atomic E-state index is 0.0142.